The summed E-state index contributed by atoms with van der Waals surface area (Å²) in [6.07, 6.45) is 0. The molecule has 5 nitrogen and oxygen atoms in total. The Hall–Kier alpha value is -0.820. The number of benzene rings is 1. The quantitative estimate of drug-likeness (QED) is 0.865. The first kappa shape index (κ1) is 17.2. The van der Waals surface area contributed by atoms with Crippen LogP contribution in [0.3, 0.4) is 0 Å². The zero-order chi connectivity index (χ0) is 15.3. The Morgan fingerprint density at radius 2 is 2.00 bits per heavy atom. The Morgan fingerprint density at radius 1 is 1.35 bits per heavy atom. The molecule has 0 aliphatic rings. The van der Waals surface area contributed by atoms with Crippen LogP contribution < -0.4 is 9.62 Å². The second-order valence-corrected chi connectivity index (χ2v) is 6.92. The summed E-state index contributed by atoms with van der Waals surface area (Å²) >= 11 is 12.0. The molecule has 0 aliphatic heterocycles. The van der Waals surface area contributed by atoms with Crippen molar-refractivity contribution in [3.8, 4) is 0 Å². The summed E-state index contributed by atoms with van der Waals surface area (Å²) in [6.45, 7) is 3.21. The Labute approximate surface area is 128 Å². The fraction of sp³-hybridized carbons (Fsp3) is 0.417. The Kier molecular flexibility index (Phi) is 6.26. The number of hydrogen-bond acceptors (Lipinski definition) is 3. The molecule has 112 valence electrons. The lowest BCUT2D eigenvalue weighted by Crippen LogP contribution is -2.38. The third-order valence-corrected chi connectivity index (χ3v) is 4.85. The van der Waals surface area contributed by atoms with Gasteiger partial charge >= 0.3 is 0 Å². The Bertz CT molecular complexity index is 590. The number of nitrogens with zero attached hydrogens (tertiary/aromatic N) is 1. The van der Waals surface area contributed by atoms with Crippen molar-refractivity contribution in [1.82, 2.24) is 4.72 Å². The fourth-order valence-corrected chi connectivity index (χ4v) is 2.57. The van der Waals surface area contributed by atoms with Crippen molar-refractivity contribution in [2.24, 2.45) is 0 Å². The number of nitrogens with one attached hydrogen (secondary N) is 1. The van der Waals surface area contributed by atoms with Crippen LogP contribution in [-0.2, 0) is 14.8 Å². The predicted octanol–water partition coefficient (Wildman–Crippen LogP) is 2.29. The van der Waals surface area contributed by atoms with Gasteiger partial charge in [-0.2, -0.15) is 0 Å². The van der Waals surface area contributed by atoms with Crippen molar-refractivity contribution >= 4 is 44.8 Å². The van der Waals surface area contributed by atoms with Crippen LogP contribution in [0, 0.1) is 0 Å². The minimum atomic E-state index is -3.29. The van der Waals surface area contributed by atoms with Crippen molar-refractivity contribution in [2.75, 3.05) is 23.7 Å². The van der Waals surface area contributed by atoms with Crippen molar-refractivity contribution in [1.29, 1.82) is 0 Å². The van der Waals surface area contributed by atoms with Gasteiger partial charge in [0.25, 0.3) is 0 Å². The summed E-state index contributed by atoms with van der Waals surface area (Å²) in [4.78, 5) is 13.1. The van der Waals surface area contributed by atoms with Gasteiger partial charge in [-0.3, -0.25) is 4.79 Å². The minimum Gasteiger partial charge on any atom is -0.310 e. The van der Waals surface area contributed by atoms with Crippen LogP contribution in [0.1, 0.15) is 13.8 Å². The van der Waals surface area contributed by atoms with E-state index in [9.17, 15) is 13.2 Å². The van der Waals surface area contributed by atoms with E-state index >= 15 is 0 Å². The third-order valence-electron chi connectivity index (χ3n) is 2.64. The number of sulfonamides is 1. The number of carbonyl (C=O) groups is 1. The molecule has 0 aliphatic carbocycles. The molecule has 0 atom stereocenters. The highest BCUT2D eigenvalue weighted by atomic mass is 35.5. The van der Waals surface area contributed by atoms with Crippen LogP contribution in [-0.4, -0.2) is 33.2 Å². The van der Waals surface area contributed by atoms with Gasteiger partial charge in [-0.1, -0.05) is 29.3 Å². The maximum atomic E-state index is 11.7. The monoisotopic (exact) mass is 338 g/mol. The molecule has 0 saturated carbocycles. The first-order chi connectivity index (χ1) is 9.28. The summed E-state index contributed by atoms with van der Waals surface area (Å²) in [6, 6.07) is 4.95. The lowest BCUT2D eigenvalue weighted by molar-refractivity contribution is -0.116. The van der Waals surface area contributed by atoms with E-state index < -0.39 is 10.0 Å². The minimum absolute atomic E-state index is 0.00894. The predicted molar refractivity (Wildman–Crippen MR) is 82.0 cm³/mol. The van der Waals surface area contributed by atoms with Crippen LogP contribution in [0.2, 0.25) is 10.0 Å². The van der Waals surface area contributed by atoms with Crippen LogP contribution >= 0.6 is 23.2 Å². The number of hydrogen-bond donors (Lipinski definition) is 1. The molecule has 1 rings (SSSR count). The molecule has 0 spiro atoms. The molecule has 1 aromatic carbocycles. The van der Waals surface area contributed by atoms with E-state index in [-0.39, 0.29) is 29.8 Å². The summed E-state index contributed by atoms with van der Waals surface area (Å²) < 4.78 is 25.1. The summed E-state index contributed by atoms with van der Waals surface area (Å²) in [7, 11) is -3.29. The molecular weight excluding hydrogens is 323 g/mol. The molecule has 0 aromatic heterocycles. The standard InChI is InChI=1S/C12H16Cl2N2O3S/c1-3-20(18,19)15-7-8-16(9(2)17)11-6-4-5-10(13)12(11)14/h4-6,15H,3,7-8H2,1-2H3. The van der Waals surface area contributed by atoms with Crippen LogP contribution in [0.5, 0.6) is 0 Å². The number of rotatable bonds is 6. The van der Waals surface area contributed by atoms with Gasteiger partial charge in [-0.15, -0.1) is 0 Å². The van der Waals surface area contributed by atoms with Crippen molar-refractivity contribution < 1.29 is 13.2 Å². The fourth-order valence-electron chi connectivity index (χ4n) is 1.56. The molecule has 0 bridgehead atoms. The molecule has 0 radical (unpaired) electrons. The van der Waals surface area contributed by atoms with E-state index in [0.29, 0.717) is 10.7 Å². The number of amides is 1. The molecule has 1 amide bonds. The molecule has 0 unspecified atom stereocenters. The van der Waals surface area contributed by atoms with Crippen molar-refractivity contribution in [3.05, 3.63) is 28.2 Å². The van der Waals surface area contributed by atoms with Gasteiger partial charge in [0, 0.05) is 20.0 Å². The van der Waals surface area contributed by atoms with Gasteiger partial charge in [0.05, 0.1) is 21.5 Å². The van der Waals surface area contributed by atoms with Gasteiger partial charge in [-0.05, 0) is 19.1 Å². The van der Waals surface area contributed by atoms with Crippen LogP contribution in [0.15, 0.2) is 18.2 Å². The lowest BCUT2D eigenvalue weighted by Gasteiger charge is -2.22. The largest absolute Gasteiger partial charge is 0.310 e. The maximum Gasteiger partial charge on any atom is 0.223 e. The van der Waals surface area contributed by atoms with Gasteiger partial charge in [-0.25, -0.2) is 13.1 Å². The molecule has 0 fully saturated rings. The molecule has 8 heteroatoms. The molecule has 0 saturated heterocycles. The van der Waals surface area contributed by atoms with E-state index in [1.807, 2.05) is 0 Å². The second kappa shape index (κ2) is 7.26. The highest BCUT2D eigenvalue weighted by molar-refractivity contribution is 7.89. The zero-order valence-corrected chi connectivity index (χ0v) is 13.5. The molecule has 20 heavy (non-hydrogen) atoms. The smallest absolute Gasteiger partial charge is 0.223 e. The average molecular weight is 339 g/mol. The SMILES string of the molecule is CCS(=O)(=O)NCCN(C(C)=O)c1cccc(Cl)c1Cl. The van der Waals surface area contributed by atoms with E-state index in [2.05, 4.69) is 4.72 Å². The van der Waals surface area contributed by atoms with E-state index in [0.717, 1.165) is 0 Å². The number of anilines is 1. The normalized spacial score (nSPS) is 11.4. The van der Waals surface area contributed by atoms with Gasteiger partial charge in [0.15, 0.2) is 0 Å². The van der Waals surface area contributed by atoms with Gasteiger partial charge in [0.1, 0.15) is 0 Å². The first-order valence-electron chi connectivity index (χ1n) is 5.98. The van der Waals surface area contributed by atoms with Crippen LogP contribution in [0.4, 0.5) is 5.69 Å². The number of carbonyl (C=O) groups excluding carboxylic acids is 1. The van der Waals surface area contributed by atoms with Crippen LogP contribution in [0.25, 0.3) is 0 Å². The first-order valence-corrected chi connectivity index (χ1v) is 8.38. The van der Waals surface area contributed by atoms with E-state index in [1.165, 1.54) is 11.8 Å². The molecular formula is C12H16Cl2N2O3S. The zero-order valence-electron chi connectivity index (χ0n) is 11.2. The van der Waals surface area contributed by atoms with Crippen molar-refractivity contribution in [2.45, 2.75) is 13.8 Å². The average Bonchev–Trinajstić information content (AvgIpc) is 2.38. The maximum absolute atomic E-state index is 11.7. The second-order valence-electron chi connectivity index (χ2n) is 4.04. The molecule has 1 N–H and O–H groups in total. The highest BCUT2D eigenvalue weighted by Crippen LogP contribution is 2.32. The summed E-state index contributed by atoms with van der Waals surface area (Å²) in [5, 5.41) is 0.604. The summed E-state index contributed by atoms with van der Waals surface area (Å²) in [5.74, 6) is -0.254. The van der Waals surface area contributed by atoms with Gasteiger partial charge in [0.2, 0.25) is 15.9 Å². The Morgan fingerprint density at radius 3 is 2.55 bits per heavy atom. The number of halogens is 2. The van der Waals surface area contributed by atoms with Gasteiger partial charge < -0.3 is 4.90 Å². The lowest BCUT2D eigenvalue weighted by atomic mass is 10.2. The van der Waals surface area contributed by atoms with E-state index in [1.54, 1.807) is 25.1 Å². The van der Waals surface area contributed by atoms with Crippen molar-refractivity contribution in [3.63, 3.8) is 0 Å². The summed E-state index contributed by atoms with van der Waals surface area (Å²) in [5.41, 5.74) is 0.461. The highest BCUT2D eigenvalue weighted by Gasteiger charge is 2.17. The molecule has 1 aromatic rings. The topological polar surface area (TPSA) is 66.5 Å². The molecule has 0 heterocycles. The third kappa shape index (κ3) is 4.63. The van der Waals surface area contributed by atoms with E-state index in [4.69, 9.17) is 23.2 Å². The Balaban J connectivity index is 2.86.